The molecule has 0 aromatic rings. The Labute approximate surface area is 382 Å². The number of carbonyl (C=O) groups is 2. The van der Waals surface area contributed by atoms with Crippen molar-refractivity contribution in [2.75, 3.05) is 6.61 Å². The standard InChI is InChI=1S/C56H95NO5/c1-4-7-10-13-16-19-22-24-25-26-27-28-29-31-34-37-40-43-46-49-56(61)62-52(47-44-41-38-35-33-30-23-20-17-14-11-8-5-2)50-55(60)57-53(51-58)54(59)48-45-42-39-36-32-21-18-15-12-9-6-3/h8,11,14,16-17,19-20,23-25,27-28,30-31,33-34,52-54,58-59H,4-7,9-10,12-13,15,18,21-22,26,29,32,35-51H2,1-3H3,(H,57,60)/b11-8+,17-14+,19-16-,23-20+,25-24-,28-27-,33-30-,34-31-. The van der Waals surface area contributed by atoms with Gasteiger partial charge in [-0.15, -0.1) is 0 Å². The minimum Gasteiger partial charge on any atom is -0.462 e. The summed E-state index contributed by atoms with van der Waals surface area (Å²) < 4.78 is 5.90. The highest BCUT2D eigenvalue weighted by Crippen LogP contribution is 2.17. The summed E-state index contributed by atoms with van der Waals surface area (Å²) in [6.07, 6.45) is 64.6. The van der Waals surface area contributed by atoms with Gasteiger partial charge in [0.15, 0.2) is 0 Å². The fourth-order valence-electron chi connectivity index (χ4n) is 7.13. The number of hydrogen-bond acceptors (Lipinski definition) is 5. The molecule has 0 heterocycles. The lowest BCUT2D eigenvalue weighted by atomic mass is 10.0. The molecule has 62 heavy (non-hydrogen) atoms. The maximum Gasteiger partial charge on any atom is 0.306 e. The summed E-state index contributed by atoms with van der Waals surface area (Å²) in [6.45, 7) is 6.28. The van der Waals surface area contributed by atoms with Crippen LogP contribution in [0.4, 0.5) is 0 Å². The topological polar surface area (TPSA) is 95.9 Å². The van der Waals surface area contributed by atoms with Crippen molar-refractivity contribution in [2.45, 2.75) is 238 Å². The van der Waals surface area contributed by atoms with E-state index in [0.717, 1.165) is 96.3 Å². The zero-order valence-electron chi connectivity index (χ0n) is 40.2. The van der Waals surface area contributed by atoms with E-state index in [1.54, 1.807) is 0 Å². The average Bonchev–Trinajstić information content (AvgIpc) is 3.26. The predicted molar refractivity (Wildman–Crippen MR) is 268 cm³/mol. The number of hydrogen-bond donors (Lipinski definition) is 3. The Balaban J connectivity index is 4.70. The van der Waals surface area contributed by atoms with Crippen molar-refractivity contribution < 1.29 is 24.5 Å². The van der Waals surface area contributed by atoms with Crippen LogP contribution in [0.15, 0.2) is 97.2 Å². The summed E-state index contributed by atoms with van der Waals surface area (Å²) in [5, 5.41) is 23.7. The van der Waals surface area contributed by atoms with Crippen LogP contribution in [0.3, 0.4) is 0 Å². The first kappa shape index (κ1) is 58.8. The van der Waals surface area contributed by atoms with Gasteiger partial charge in [0.05, 0.1) is 25.2 Å². The van der Waals surface area contributed by atoms with Gasteiger partial charge in [0.25, 0.3) is 0 Å². The highest BCUT2D eigenvalue weighted by Gasteiger charge is 2.24. The van der Waals surface area contributed by atoms with Gasteiger partial charge in [-0.05, 0) is 89.9 Å². The average molecular weight is 862 g/mol. The summed E-state index contributed by atoms with van der Waals surface area (Å²) in [4.78, 5) is 26.1. The Morgan fingerprint density at radius 1 is 0.500 bits per heavy atom. The molecule has 0 rings (SSSR count). The monoisotopic (exact) mass is 862 g/mol. The van der Waals surface area contributed by atoms with Gasteiger partial charge in [-0.2, -0.15) is 0 Å². The highest BCUT2D eigenvalue weighted by atomic mass is 16.5. The van der Waals surface area contributed by atoms with Crippen LogP contribution >= 0.6 is 0 Å². The number of amides is 1. The second-order valence-electron chi connectivity index (χ2n) is 16.9. The summed E-state index contributed by atoms with van der Waals surface area (Å²) in [7, 11) is 0. The van der Waals surface area contributed by atoms with Crippen LogP contribution in [-0.4, -0.2) is 46.9 Å². The zero-order chi connectivity index (χ0) is 45.2. The lowest BCUT2D eigenvalue weighted by Crippen LogP contribution is -2.46. The van der Waals surface area contributed by atoms with Crippen molar-refractivity contribution in [1.82, 2.24) is 5.32 Å². The fraction of sp³-hybridized carbons (Fsp3) is 0.679. The molecule has 0 fully saturated rings. The van der Waals surface area contributed by atoms with Crippen LogP contribution in [0, 0.1) is 0 Å². The maximum atomic E-state index is 13.2. The van der Waals surface area contributed by atoms with Gasteiger partial charge < -0.3 is 20.3 Å². The molecule has 6 heteroatoms. The summed E-state index contributed by atoms with van der Waals surface area (Å²) in [6, 6.07) is -0.726. The van der Waals surface area contributed by atoms with Gasteiger partial charge in [-0.3, -0.25) is 9.59 Å². The SMILES string of the molecule is CC/C=C/C=C/C=C/C=C\CCCCCC(CC(=O)NC(CO)C(O)CCCCCCCCCCCCC)OC(=O)CCCCC/C=C\C/C=C\C/C=C\C/C=C\CCCCC. The van der Waals surface area contributed by atoms with E-state index in [9.17, 15) is 19.8 Å². The van der Waals surface area contributed by atoms with Crippen molar-refractivity contribution >= 4 is 11.9 Å². The van der Waals surface area contributed by atoms with Gasteiger partial charge in [-0.1, -0.05) is 214 Å². The number of rotatable bonds is 44. The number of esters is 1. The summed E-state index contributed by atoms with van der Waals surface area (Å²) in [5.41, 5.74) is 0. The van der Waals surface area contributed by atoms with Crippen molar-refractivity contribution in [1.29, 1.82) is 0 Å². The third kappa shape index (κ3) is 43.4. The first-order valence-corrected chi connectivity index (χ1v) is 25.5. The predicted octanol–water partition coefficient (Wildman–Crippen LogP) is 15.3. The van der Waals surface area contributed by atoms with E-state index in [4.69, 9.17) is 4.74 Å². The third-order valence-electron chi connectivity index (χ3n) is 11.0. The molecule has 0 saturated carbocycles. The molecular weight excluding hydrogens is 767 g/mol. The number of carbonyl (C=O) groups excluding carboxylic acids is 2. The van der Waals surface area contributed by atoms with Crippen molar-refractivity contribution in [3.8, 4) is 0 Å². The third-order valence-corrected chi connectivity index (χ3v) is 11.0. The Morgan fingerprint density at radius 3 is 1.50 bits per heavy atom. The molecule has 0 radical (unpaired) electrons. The van der Waals surface area contributed by atoms with E-state index in [2.05, 4.69) is 92.9 Å². The molecule has 3 unspecified atom stereocenters. The van der Waals surface area contributed by atoms with Crippen molar-refractivity contribution in [2.24, 2.45) is 0 Å². The molecule has 0 aromatic heterocycles. The molecule has 0 aliphatic carbocycles. The van der Waals surface area contributed by atoms with Gasteiger partial charge in [0, 0.05) is 6.42 Å². The molecule has 0 aliphatic rings. The first-order valence-electron chi connectivity index (χ1n) is 25.5. The van der Waals surface area contributed by atoms with Gasteiger partial charge >= 0.3 is 5.97 Å². The van der Waals surface area contributed by atoms with Gasteiger partial charge in [0.2, 0.25) is 5.91 Å². The van der Waals surface area contributed by atoms with E-state index in [1.165, 1.54) is 77.0 Å². The number of aliphatic hydroxyl groups excluding tert-OH is 2. The Hall–Kier alpha value is -3.22. The largest absolute Gasteiger partial charge is 0.462 e. The first-order chi connectivity index (χ1) is 30.5. The second-order valence-corrected chi connectivity index (χ2v) is 16.9. The number of unbranched alkanes of at least 4 members (excludes halogenated alkanes) is 19. The van der Waals surface area contributed by atoms with Crippen LogP contribution in [0.1, 0.15) is 220 Å². The molecule has 6 nitrogen and oxygen atoms in total. The maximum absolute atomic E-state index is 13.2. The van der Waals surface area contributed by atoms with E-state index in [1.807, 2.05) is 30.4 Å². The molecule has 1 amide bonds. The molecule has 354 valence electrons. The zero-order valence-corrected chi connectivity index (χ0v) is 40.2. The van der Waals surface area contributed by atoms with E-state index in [0.29, 0.717) is 19.3 Å². The second kappa shape index (κ2) is 48.8. The van der Waals surface area contributed by atoms with Crippen molar-refractivity contribution in [3.05, 3.63) is 97.2 Å². The van der Waals surface area contributed by atoms with Crippen LogP contribution in [0.25, 0.3) is 0 Å². The van der Waals surface area contributed by atoms with Gasteiger partial charge in [0.1, 0.15) is 6.10 Å². The molecule has 0 bridgehead atoms. The molecule has 0 spiro atoms. The Morgan fingerprint density at radius 2 is 0.935 bits per heavy atom. The number of aliphatic hydroxyl groups is 2. The van der Waals surface area contributed by atoms with Crippen LogP contribution in [-0.2, 0) is 14.3 Å². The van der Waals surface area contributed by atoms with Crippen LogP contribution in [0.2, 0.25) is 0 Å². The van der Waals surface area contributed by atoms with Gasteiger partial charge in [-0.25, -0.2) is 0 Å². The quantitative estimate of drug-likeness (QED) is 0.0245. The minimum absolute atomic E-state index is 0.0329. The lowest BCUT2D eigenvalue weighted by Gasteiger charge is -2.24. The lowest BCUT2D eigenvalue weighted by molar-refractivity contribution is -0.151. The highest BCUT2D eigenvalue weighted by molar-refractivity contribution is 5.77. The molecular formula is C56H95NO5. The molecule has 3 N–H and O–H groups in total. The summed E-state index contributed by atoms with van der Waals surface area (Å²) in [5.74, 6) is -0.558. The van der Waals surface area contributed by atoms with E-state index in [-0.39, 0.29) is 24.9 Å². The molecule has 0 aliphatic heterocycles. The molecule has 3 atom stereocenters. The van der Waals surface area contributed by atoms with Crippen LogP contribution in [0.5, 0.6) is 0 Å². The normalized spacial score (nSPS) is 14.1. The van der Waals surface area contributed by atoms with E-state index < -0.39 is 18.2 Å². The number of ether oxygens (including phenoxy) is 1. The smallest absolute Gasteiger partial charge is 0.306 e. The van der Waals surface area contributed by atoms with Crippen LogP contribution < -0.4 is 5.32 Å². The Kier molecular flexibility index (Phi) is 46.3. The fourth-order valence-corrected chi connectivity index (χ4v) is 7.13. The minimum atomic E-state index is -0.809. The number of nitrogens with one attached hydrogen (secondary N) is 1. The van der Waals surface area contributed by atoms with Crippen molar-refractivity contribution in [3.63, 3.8) is 0 Å². The van der Waals surface area contributed by atoms with E-state index >= 15 is 0 Å². The number of allylic oxidation sites excluding steroid dienone is 16. The summed E-state index contributed by atoms with van der Waals surface area (Å²) >= 11 is 0. The molecule has 0 aromatic carbocycles. The Bertz CT molecular complexity index is 1240. The molecule has 0 saturated heterocycles.